The van der Waals surface area contributed by atoms with Gasteiger partial charge in [0.2, 0.25) is 5.91 Å². The van der Waals surface area contributed by atoms with Gasteiger partial charge in [0, 0.05) is 12.1 Å². The zero-order valence-electron chi connectivity index (χ0n) is 16.4. The van der Waals surface area contributed by atoms with E-state index in [1.807, 2.05) is 25.1 Å². The molecular weight excluding hydrogens is 340 g/mol. The molecule has 1 aliphatic heterocycles. The number of fused-ring (bicyclic) bond motifs is 1. The van der Waals surface area contributed by atoms with Crippen LogP contribution in [0.3, 0.4) is 0 Å². The summed E-state index contributed by atoms with van der Waals surface area (Å²) in [6.07, 6.45) is 6.75. The molecule has 2 aliphatic rings. The molecule has 1 aliphatic carbocycles. The van der Waals surface area contributed by atoms with Gasteiger partial charge in [0.25, 0.3) is 0 Å². The standard InChI is InChI=1S/C22H32N2O3/c1-15(12-13-17-8-4-3-5-9-17)23-16(2)21(25)24-19-11-7-6-10-18(19)14-20(24)22(26)27/h3-5,8-9,15-16,18-20,23H,6-7,10-14H2,1-2H3,(H,26,27)/t15-,16+,18-,19+,20+/m1/s1. The van der Waals surface area contributed by atoms with Crippen molar-refractivity contribution < 1.29 is 14.7 Å². The maximum absolute atomic E-state index is 13.1. The SMILES string of the molecule is C[C@H](CCc1ccccc1)N[C@@H](C)C(=O)N1[C@H](C(=O)O)C[C@H]2CCCC[C@@H]21. The van der Waals surface area contributed by atoms with Gasteiger partial charge in [0.05, 0.1) is 6.04 Å². The minimum absolute atomic E-state index is 0.0524. The van der Waals surface area contributed by atoms with Crippen molar-refractivity contribution in [3.63, 3.8) is 0 Å². The van der Waals surface area contributed by atoms with Crippen molar-refractivity contribution in [2.24, 2.45) is 5.92 Å². The average molecular weight is 373 g/mol. The summed E-state index contributed by atoms with van der Waals surface area (Å²) < 4.78 is 0. The van der Waals surface area contributed by atoms with E-state index in [0.29, 0.717) is 12.3 Å². The lowest BCUT2D eigenvalue weighted by atomic mass is 9.84. The van der Waals surface area contributed by atoms with E-state index >= 15 is 0 Å². The summed E-state index contributed by atoms with van der Waals surface area (Å²) in [6, 6.07) is 9.61. The van der Waals surface area contributed by atoms with Crippen LogP contribution >= 0.6 is 0 Å². The van der Waals surface area contributed by atoms with Crippen LogP contribution < -0.4 is 5.32 Å². The van der Waals surface area contributed by atoms with Gasteiger partial charge in [-0.15, -0.1) is 0 Å². The topological polar surface area (TPSA) is 69.6 Å². The first-order valence-electron chi connectivity index (χ1n) is 10.3. The quantitative estimate of drug-likeness (QED) is 0.771. The fraction of sp³-hybridized carbons (Fsp3) is 0.636. The molecule has 3 rings (SSSR count). The Morgan fingerprint density at radius 2 is 1.89 bits per heavy atom. The molecule has 1 saturated carbocycles. The number of amides is 1. The summed E-state index contributed by atoms with van der Waals surface area (Å²) in [5, 5.41) is 13.0. The van der Waals surface area contributed by atoms with E-state index in [9.17, 15) is 14.7 Å². The van der Waals surface area contributed by atoms with Gasteiger partial charge < -0.3 is 15.3 Å². The van der Waals surface area contributed by atoms with E-state index in [1.165, 1.54) is 5.56 Å². The van der Waals surface area contributed by atoms with Crippen LogP contribution in [0.5, 0.6) is 0 Å². The van der Waals surface area contributed by atoms with E-state index in [2.05, 4.69) is 24.4 Å². The number of nitrogens with zero attached hydrogens (tertiary/aromatic N) is 1. The number of likely N-dealkylation sites (tertiary alicyclic amines) is 1. The number of nitrogens with one attached hydrogen (secondary N) is 1. The van der Waals surface area contributed by atoms with Crippen LogP contribution in [0, 0.1) is 5.92 Å². The molecule has 1 aromatic rings. The van der Waals surface area contributed by atoms with Crippen LogP contribution in [0.4, 0.5) is 0 Å². The predicted octanol–water partition coefficient (Wildman–Crippen LogP) is 3.23. The minimum Gasteiger partial charge on any atom is -0.480 e. The van der Waals surface area contributed by atoms with E-state index in [-0.39, 0.29) is 24.0 Å². The number of aliphatic carboxylic acids is 1. The first kappa shape index (κ1) is 19.9. The number of carboxylic acid groups (broad SMARTS) is 1. The molecule has 5 atom stereocenters. The molecule has 0 aromatic heterocycles. The predicted molar refractivity (Wildman–Crippen MR) is 105 cm³/mol. The lowest BCUT2D eigenvalue weighted by molar-refractivity contribution is -0.150. The number of hydrogen-bond donors (Lipinski definition) is 2. The van der Waals surface area contributed by atoms with Gasteiger partial charge in [-0.3, -0.25) is 4.79 Å². The Balaban J connectivity index is 1.58. The Bertz CT molecular complexity index is 648. The zero-order chi connectivity index (χ0) is 19.4. The van der Waals surface area contributed by atoms with Crippen molar-refractivity contribution in [3.8, 4) is 0 Å². The molecule has 2 fully saturated rings. The molecule has 2 N–H and O–H groups in total. The molecule has 5 heteroatoms. The van der Waals surface area contributed by atoms with Gasteiger partial charge in [-0.1, -0.05) is 43.2 Å². The van der Waals surface area contributed by atoms with E-state index < -0.39 is 12.0 Å². The zero-order valence-corrected chi connectivity index (χ0v) is 16.4. The molecule has 5 nitrogen and oxygen atoms in total. The van der Waals surface area contributed by atoms with E-state index in [0.717, 1.165) is 38.5 Å². The number of hydrogen-bond acceptors (Lipinski definition) is 3. The largest absolute Gasteiger partial charge is 0.480 e. The molecule has 1 amide bonds. The van der Waals surface area contributed by atoms with E-state index in [1.54, 1.807) is 4.90 Å². The number of benzene rings is 1. The monoisotopic (exact) mass is 372 g/mol. The Kier molecular flexibility index (Phi) is 6.53. The second-order valence-electron chi connectivity index (χ2n) is 8.26. The molecule has 27 heavy (non-hydrogen) atoms. The molecule has 0 radical (unpaired) electrons. The fourth-order valence-electron chi connectivity index (χ4n) is 4.83. The first-order valence-corrected chi connectivity index (χ1v) is 10.3. The van der Waals surface area contributed by atoms with Crippen LogP contribution in [-0.2, 0) is 16.0 Å². The van der Waals surface area contributed by atoms with Crippen molar-refractivity contribution in [2.45, 2.75) is 83.0 Å². The number of rotatable bonds is 7. The third kappa shape index (κ3) is 4.70. The maximum atomic E-state index is 13.1. The second-order valence-corrected chi connectivity index (χ2v) is 8.26. The highest BCUT2D eigenvalue weighted by Crippen LogP contribution is 2.40. The lowest BCUT2D eigenvalue weighted by Gasteiger charge is -2.35. The van der Waals surface area contributed by atoms with Gasteiger partial charge in [0.15, 0.2) is 0 Å². The highest BCUT2D eigenvalue weighted by Gasteiger charge is 2.48. The minimum atomic E-state index is -0.859. The van der Waals surface area contributed by atoms with Gasteiger partial charge in [-0.25, -0.2) is 4.79 Å². The molecule has 0 spiro atoms. The fourth-order valence-corrected chi connectivity index (χ4v) is 4.83. The van der Waals surface area contributed by atoms with Crippen molar-refractivity contribution >= 4 is 11.9 Å². The van der Waals surface area contributed by atoms with Crippen molar-refractivity contribution in [3.05, 3.63) is 35.9 Å². The van der Waals surface area contributed by atoms with Crippen LogP contribution in [0.2, 0.25) is 0 Å². The number of carbonyl (C=O) groups excluding carboxylic acids is 1. The van der Waals surface area contributed by atoms with Crippen LogP contribution in [0.1, 0.15) is 57.9 Å². The summed E-state index contributed by atoms with van der Waals surface area (Å²) in [5.74, 6) is -0.558. The molecule has 1 heterocycles. The number of aryl methyl sites for hydroxylation is 1. The Morgan fingerprint density at radius 1 is 1.19 bits per heavy atom. The highest BCUT2D eigenvalue weighted by atomic mass is 16.4. The third-order valence-corrected chi connectivity index (χ3v) is 6.24. The molecule has 0 unspecified atom stereocenters. The highest BCUT2D eigenvalue weighted by molar-refractivity contribution is 5.87. The van der Waals surface area contributed by atoms with E-state index in [4.69, 9.17) is 0 Å². The Hall–Kier alpha value is -1.88. The lowest BCUT2D eigenvalue weighted by Crippen LogP contribution is -2.54. The maximum Gasteiger partial charge on any atom is 0.326 e. The number of carboxylic acids is 1. The van der Waals surface area contributed by atoms with Crippen LogP contribution in [-0.4, -0.2) is 46.1 Å². The van der Waals surface area contributed by atoms with Crippen molar-refractivity contribution in [1.82, 2.24) is 10.2 Å². The summed E-state index contributed by atoms with van der Waals surface area (Å²) in [6.45, 7) is 3.96. The van der Waals surface area contributed by atoms with Gasteiger partial charge in [-0.05, 0) is 57.4 Å². The molecule has 1 saturated heterocycles. The summed E-state index contributed by atoms with van der Waals surface area (Å²) in [7, 11) is 0. The Morgan fingerprint density at radius 3 is 2.59 bits per heavy atom. The van der Waals surface area contributed by atoms with Crippen LogP contribution in [0.25, 0.3) is 0 Å². The normalized spacial score (nSPS) is 27.0. The summed E-state index contributed by atoms with van der Waals surface area (Å²) in [4.78, 5) is 26.6. The molecule has 1 aromatic carbocycles. The third-order valence-electron chi connectivity index (χ3n) is 6.24. The van der Waals surface area contributed by atoms with Gasteiger partial charge >= 0.3 is 5.97 Å². The van der Waals surface area contributed by atoms with Crippen LogP contribution in [0.15, 0.2) is 30.3 Å². The summed E-state index contributed by atoms with van der Waals surface area (Å²) in [5.41, 5.74) is 1.29. The first-order chi connectivity index (χ1) is 13.0. The van der Waals surface area contributed by atoms with Crippen molar-refractivity contribution in [2.75, 3.05) is 0 Å². The van der Waals surface area contributed by atoms with Gasteiger partial charge in [0.1, 0.15) is 6.04 Å². The summed E-state index contributed by atoms with van der Waals surface area (Å²) >= 11 is 0. The smallest absolute Gasteiger partial charge is 0.326 e. The van der Waals surface area contributed by atoms with Gasteiger partial charge in [-0.2, -0.15) is 0 Å². The molecule has 148 valence electrons. The average Bonchev–Trinajstić information content (AvgIpc) is 3.06. The molecular formula is C22H32N2O3. The Labute approximate surface area is 162 Å². The number of carbonyl (C=O) groups is 2. The second kappa shape index (κ2) is 8.87. The van der Waals surface area contributed by atoms with Crippen molar-refractivity contribution in [1.29, 1.82) is 0 Å². The molecule has 0 bridgehead atoms.